The van der Waals surface area contributed by atoms with Crippen LogP contribution in [0.1, 0.15) is 39.0 Å². The third kappa shape index (κ3) is 9.43. The van der Waals surface area contributed by atoms with Crippen LogP contribution in [0.2, 0.25) is 0 Å². The third-order valence-electron chi connectivity index (χ3n) is 2.59. The summed E-state index contributed by atoms with van der Waals surface area (Å²) in [5.74, 6) is -0.368. The number of rotatable bonds is 10. The molecular weight excluding hydrogens is 318 g/mol. The van der Waals surface area contributed by atoms with Crippen molar-refractivity contribution in [2.75, 3.05) is 13.1 Å². The highest BCUT2D eigenvalue weighted by Crippen LogP contribution is 2.09. The van der Waals surface area contributed by atoms with E-state index in [9.17, 15) is 14.9 Å². The van der Waals surface area contributed by atoms with Gasteiger partial charge in [0.25, 0.3) is 0 Å². The Labute approximate surface area is 120 Å². The highest BCUT2D eigenvalue weighted by molar-refractivity contribution is 9.11. The zero-order chi connectivity index (χ0) is 14.7. The molecule has 0 rings (SSSR count). The molecule has 2 N–H and O–H groups in total. The van der Waals surface area contributed by atoms with Crippen molar-refractivity contribution in [2.24, 2.45) is 0 Å². The summed E-state index contributed by atoms with van der Waals surface area (Å²) in [6, 6.07) is 0. The highest BCUT2D eigenvalue weighted by atomic mass is 79.9. The molecule has 0 aromatic carbocycles. The number of nitrogens with zero attached hydrogens (tertiary/aromatic N) is 2. The number of hydrogen-bond acceptors (Lipinski definition) is 5. The lowest BCUT2D eigenvalue weighted by atomic mass is 10.1. The highest BCUT2D eigenvalue weighted by Gasteiger charge is 2.07. The van der Waals surface area contributed by atoms with Gasteiger partial charge in [-0.25, -0.2) is 5.48 Å². The van der Waals surface area contributed by atoms with Gasteiger partial charge < -0.3 is 4.90 Å². The summed E-state index contributed by atoms with van der Waals surface area (Å²) < 4.78 is -0.0473. The fourth-order valence-corrected chi connectivity index (χ4v) is 1.81. The molecule has 19 heavy (non-hydrogen) atoms. The standard InChI is InChI=1S/C11H20BrN3O4/c1-2-14(9-10(12)15(18)19)8-6-4-3-5-7-11(16)13-17/h9,17H,2-8H2,1H3,(H,13,16). The normalized spacial score (nSPS) is 11.2. The van der Waals surface area contributed by atoms with Crippen LogP contribution < -0.4 is 5.48 Å². The third-order valence-corrected chi connectivity index (χ3v) is 3.09. The van der Waals surface area contributed by atoms with Crippen LogP contribution in [0.15, 0.2) is 10.8 Å². The van der Waals surface area contributed by atoms with Crippen molar-refractivity contribution in [3.8, 4) is 0 Å². The molecule has 0 fully saturated rings. The number of amides is 1. The summed E-state index contributed by atoms with van der Waals surface area (Å²) in [7, 11) is 0. The van der Waals surface area contributed by atoms with E-state index in [1.54, 1.807) is 5.48 Å². The molecule has 0 saturated heterocycles. The van der Waals surface area contributed by atoms with Crippen LogP contribution in [-0.4, -0.2) is 34.0 Å². The van der Waals surface area contributed by atoms with Crippen LogP contribution in [0, 0.1) is 10.1 Å². The largest absolute Gasteiger partial charge is 0.372 e. The summed E-state index contributed by atoms with van der Waals surface area (Å²) in [6.07, 6.45) is 5.28. The number of nitrogens with one attached hydrogen (secondary N) is 1. The molecule has 7 nitrogen and oxygen atoms in total. The second-order valence-electron chi connectivity index (χ2n) is 4.04. The van der Waals surface area contributed by atoms with Crippen LogP contribution in [0.5, 0.6) is 0 Å². The molecule has 0 bridgehead atoms. The van der Waals surface area contributed by atoms with E-state index in [4.69, 9.17) is 5.21 Å². The summed E-state index contributed by atoms with van der Waals surface area (Å²) in [5.41, 5.74) is 1.59. The topological polar surface area (TPSA) is 95.7 Å². The maximum Gasteiger partial charge on any atom is 0.326 e. The molecule has 110 valence electrons. The van der Waals surface area contributed by atoms with E-state index in [1.807, 2.05) is 11.8 Å². The summed E-state index contributed by atoms with van der Waals surface area (Å²) >= 11 is 2.89. The maximum absolute atomic E-state index is 10.7. The SMILES string of the molecule is CCN(C=C(Br)[N+](=O)[O-])CCCCCCC(=O)NO. The van der Waals surface area contributed by atoms with Crippen molar-refractivity contribution in [1.29, 1.82) is 0 Å². The van der Waals surface area contributed by atoms with Crippen molar-refractivity contribution >= 4 is 21.8 Å². The Bertz CT molecular complexity index is 323. The minimum Gasteiger partial charge on any atom is -0.372 e. The lowest BCUT2D eigenvalue weighted by Gasteiger charge is -2.16. The molecular formula is C11H20BrN3O4. The molecule has 0 aromatic heterocycles. The van der Waals surface area contributed by atoms with Gasteiger partial charge >= 0.3 is 4.61 Å². The molecule has 0 atom stereocenters. The Morgan fingerprint density at radius 2 is 2.05 bits per heavy atom. The minimum absolute atomic E-state index is 0.0473. The number of carbonyl (C=O) groups is 1. The molecule has 0 heterocycles. The van der Waals surface area contributed by atoms with Gasteiger partial charge in [0, 0.05) is 35.4 Å². The van der Waals surface area contributed by atoms with Crippen molar-refractivity contribution in [3.05, 3.63) is 20.9 Å². The predicted molar refractivity (Wildman–Crippen MR) is 74.3 cm³/mol. The predicted octanol–water partition coefficient (Wildman–Crippen LogP) is 2.23. The van der Waals surface area contributed by atoms with E-state index in [1.165, 1.54) is 6.20 Å². The van der Waals surface area contributed by atoms with Crippen molar-refractivity contribution in [3.63, 3.8) is 0 Å². The molecule has 0 aliphatic heterocycles. The van der Waals surface area contributed by atoms with Gasteiger partial charge in [-0.05, 0) is 19.8 Å². The van der Waals surface area contributed by atoms with Gasteiger partial charge in [-0.3, -0.25) is 20.1 Å². The number of nitro groups is 1. The first kappa shape index (κ1) is 17.8. The summed E-state index contributed by atoms with van der Waals surface area (Å²) in [4.78, 5) is 22.6. The van der Waals surface area contributed by atoms with Gasteiger partial charge in [0.05, 0.1) is 11.1 Å². The molecule has 0 aromatic rings. The average molecular weight is 338 g/mol. The molecule has 8 heteroatoms. The molecule has 0 aliphatic rings. The first-order valence-electron chi connectivity index (χ1n) is 6.20. The van der Waals surface area contributed by atoms with Crippen LogP contribution in [0.4, 0.5) is 0 Å². The van der Waals surface area contributed by atoms with Crippen molar-refractivity contribution in [2.45, 2.75) is 39.0 Å². The molecule has 0 spiro atoms. The Morgan fingerprint density at radius 1 is 1.42 bits per heavy atom. The second kappa shape index (κ2) is 10.7. The monoisotopic (exact) mass is 337 g/mol. The smallest absolute Gasteiger partial charge is 0.326 e. The Morgan fingerprint density at radius 3 is 2.58 bits per heavy atom. The molecule has 0 saturated carbocycles. The molecule has 0 aliphatic carbocycles. The Kier molecular flexibility index (Phi) is 10.1. The number of hydroxylamine groups is 1. The lowest BCUT2D eigenvalue weighted by molar-refractivity contribution is -0.409. The van der Waals surface area contributed by atoms with Gasteiger partial charge in [0.2, 0.25) is 5.91 Å². The van der Waals surface area contributed by atoms with Crippen LogP contribution in [0.3, 0.4) is 0 Å². The van der Waals surface area contributed by atoms with E-state index >= 15 is 0 Å². The van der Waals surface area contributed by atoms with Gasteiger partial charge in [-0.15, -0.1) is 0 Å². The van der Waals surface area contributed by atoms with E-state index < -0.39 is 4.92 Å². The fraction of sp³-hybridized carbons (Fsp3) is 0.727. The van der Waals surface area contributed by atoms with Gasteiger partial charge in [0.1, 0.15) is 0 Å². The van der Waals surface area contributed by atoms with E-state index in [0.29, 0.717) is 13.0 Å². The Hall–Kier alpha value is -1.15. The first-order chi connectivity index (χ1) is 9.01. The number of unbranched alkanes of at least 4 members (excludes halogenated alkanes) is 3. The lowest BCUT2D eigenvalue weighted by Crippen LogP contribution is -2.19. The van der Waals surface area contributed by atoms with E-state index in [0.717, 1.165) is 32.2 Å². The van der Waals surface area contributed by atoms with Crippen molar-refractivity contribution < 1.29 is 14.9 Å². The zero-order valence-electron chi connectivity index (χ0n) is 11.0. The number of hydrogen-bond donors (Lipinski definition) is 2. The van der Waals surface area contributed by atoms with Crippen molar-refractivity contribution in [1.82, 2.24) is 10.4 Å². The average Bonchev–Trinajstić information content (AvgIpc) is 2.40. The first-order valence-corrected chi connectivity index (χ1v) is 6.99. The van der Waals surface area contributed by atoms with E-state index in [-0.39, 0.29) is 10.5 Å². The zero-order valence-corrected chi connectivity index (χ0v) is 12.6. The van der Waals surface area contributed by atoms with Gasteiger partial charge in [0.15, 0.2) is 0 Å². The van der Waals surface area contributed by atoms with Crippen LogP contribution in [0.25, 0.3) is 0 Å². The fourth-order valence-electron chi connectivity index (χ4n) is 1.52. The molecule has 0 unspecified atom stereocenters. The van der Waals surface area contributed by atoms with E-state index in [2.05, 4.69) is 15.9 Å². The molecule has 0 radical (unpaired) electrons. The Balaban J connectivity index is 3.76. The van der Waals surface area contributed by atoms with Crippen LogP contribution in [-0.2, 0) is 4.79 Å². The van der Waals surface area contributed by atoms with Crippen LogP contribution >= 0.6 is 15.9 Å². The quantitative estimate of drug-likeness (QED) is 0.209. The summed E-state index contributed by atoms with van der Waals surface area (Å²) in [6.45, 7) is 3.38. The number of carbonyl (C=O) groups excluding carboxylic acids is 1. The van der Waals surface area contributed by atoms with Gasteiger partial charge in [-0.1, -0.05) is 12.8 Å². The maximum atomic E-state index is 10.7. The summed E-state index contributed by atoms with van der Waals surface area (Å²) in [5, 5.41) is 18.8. The number of halogens is 1. The van der Waals surface area contributed by atoms with Gasteiger partial charge in [-0.2, -0.15) is 0 Å². The minimum atomic E-state index is -0.476. The molecule has 1 amide bonds. The second-order valence-corrected chi connectivity index (χ2v) is 4.85.